The maximum absolute atomic E-state index is 14.8. The number of Topliss-reactive ketones (excluding diaryl/α,β-unsaturated/α-hetero) is 1. The van der Waals surface area contributed by atoms with Gasteiger partial charge in [0.25, 0.3) is 0 Å². The van der Waals surface area contributed by atoms with Crippen LogP contribution in [0.2, 0.25) is 0 Å². The summed E-state index contributed by atoms with van der Waals surface area (Å²) in [7, 11) is 1.16. The van der Waals surface area contributed by atoms with Gasteiger partial charge in [-0.2, -0.15) is 0 Å². The molecule has 1 aromatic heterocycles. The highest BCUT2D eigenvalue weighted by Crippen LogP contribution is 2.69. The molecule has 2 heterocycles. The van der Waals surface area contributed by atoms with Crippen LogP contribution in [0.1, 0.15) is 85.8 Å². The van der Waals surface area contributed by atoms with Crippen LogP contribution in [0.5, 0.6) is 0 Å². The second-order valence-corrected chi connectivity index (χ2v) is 13.9. The zero-order valence-corrected chi connectivity index (χ0v) is 27.1. The normalized spacial score (nSPS) is 36.2. The summed E-state index contributed by atoms with van der Waals surface area (Å²) < 4.78 is 27.9. The molecule has 1 aromatic rings. The number of esters is 4. The Balaban J connectivity index is 1.79. The van der Waals surface area contributed by atoms with Gasteiger partial charge in [0.1, 0.15) is 12.2 Å². The first-order chi connectivity index (χ1) is 21.0. The number of allylic oxidation sites excluding steroid dienone is 1. The lowest BCUT2D eigenvalue weighted by atomic mass is 9.39. The van der Waals surface area contributed by atoms with Crippen LogP contribution in [-0.2, 0) is 42.9 Å². The summed E-state index contributed by atoms with van der Waals surface area (Å²) in [6.07, 6.45) is 1.65. The molecule has 2 bridgehead atoms. The molecule has 3 fully saturated rings. The zero-order valence-electron chi connectivity index (χ0n) is 27.1. The third-order valence-electron chi connectivity index (χ3n) is 11.1. The first kappa shape index (κ1) is 32.7. The molecular formula is C34H42O11. The van der Waals surface area contributed by atoms with Gasteiger partial charge in [0, 0.05) is 46.6 Å². The smallest absolute Gasteiger partial charge is 0.347 e. The summed E-state index contributed by atoms with van der Waals surface area (Å²) in [5, 5.41) is 12.6. The number of furan rings is 1. The lowest BCUT2D eigenvalue weighted by Gasteiger charge is -2.66. The molecule has 4 aliphatic rings. The number of hydrogen-bond donors (Lipinski definition) is 1. The monoisotopic (exact) mass is 626 g/mol. The van der Waals surface area contributed by atoms with E-state index in [0.717, 1.165) is 19.6 Å². The highest BCUT2D eigenvalue weighted by Gasteiger charge is 2.76. The van der Waals surface area contributed by atoms with Gasteiger partial charge in [-0.05, 0) is 44.2 Å². The second-order valence-electron chi connectivity index (χ2n) is 13.9. The predicted molar refractivity (Wildman–Crippen MR) is 157 cm³/mol. The third-order valence-corrected chi connectivity index (χ3v) is 11.1. The van der Waals surface area contributed by atoms with E-state index in [4.69, 9.17) is 23.4 Å². The summed E-state index contributed by atoms with van der Waals surface area (Å²) in [5.74, 6) is -5.08. The van der Waals surface area contributed by atoms with Crippen LogP contribution in [0, 0.1) is 28.1 Å². The van der Waals surface area contributed by atoms with Crippen LogP contribution in [0.25, 0.3) is 0 Å². The number of carbonyl (C=O) groups is 5. The van der Waals surface area contributed by atoms with E-state index in [-0.39, 0.29) is 18.4 Å². The van der Waals surface area contributed by atoms with Gasteiger partial charge in [-0.15, -0.1) is 0 Å². The zero-order chi connectivity index (χ0) is 33.3. The predicted octanol–water partition coefficient (Wildman–Crippen LogP) is 4.33. The SMILES string of the molecule is C/C=C(\C)C(=O)O[C@H]1C(C)(C)[C@H]([C@H](OC(C)=O)C(=O)OC)[C@@]2(C)C(=O)[C@@]1(O)CC1=C3CC(=O)O[C@@H](c4ccoc4)[C@@]3(C)CC[C@H]12. The van der Waals surface area contributed by atoms with Crippen molar-refractivity contribution in [3.8, 4) is 0 Å². The number of carbonyl (C=O) groups excluding carboxylic acids is 5. The first-order valence-electron chi connectivity index (χ1n) is 15.3. The molecule has 0 amide bonds. The minimum Gasteiger partial charge on any atom is -0.472 e. The van der Waals surface area contributed by atoms with Crippen molar-refractivity contribution in [1.29, 1.82) is 0 Å². The lowest BCUT2D eigenvalue weighted by molar-refractivity contribution is -0.247. The quantitative estimate of drug-likeness (QED) is 0.208. The van der Waals surface area contributed by atoms with E-state index in [1.807, 2.05) is 6.92 Å². The van der Waals surface area contributed by atoms with Crippen molar-refractivity contribution in [3.63, 3.8) is 0 Å². The number of hydrogen-bond acceptors (Lipinski definition) is 11. The molecule has 45 heavy (non-hydrogen) atoms. The van der Waals surface area contributed by atoms with Crippen molar-refractivity contribution < 1.29 is 52.4 Å². The number of ether oxygens (including phenoxy) is 4. The van der Waals surface area contributed by atoms with Crippen molar-refractivity contribution in [1.82, 2.24) is 0 Å². The maximum atomic E-state index is 14.8. The topological polar surface area (TPSA) is 156 Å². The van der Waals surface area contributed by atoms with Crippen molar-refractivity contribution in [2.24, 2.45) is 28.1 Å². The third kappa shape index (κ3) is 4.68. The number of ketones is 1. The van der Waals surface area contributed by atoms with Crippen LogP contribution in [0.15, 0.2) is 45.8 Å². The van der Waals surface area contributed by atoms with Gasteiger partial charge in [0.05, 0.1) is 26.1 Å². The van der Waals surface area contributed by atoms with Gasteiger partial charge in [0.2, 0.25) is 6.10 Å². The van der Waals surface area contributed by atoms with Gasteiger partial charge in [-0.1, -0.05) is 39.3 Å². The lowest BCUT2D eigenvalue weighted by Crippen LogP contribution is -2.77. The average Bonchev–Trinajstić information content (AvgIpc) is 3.51. The molecule has 3 aliphatic carbocycles. The highest BCUT2D eigenvalue weighted by molar-refractivity contribution is 5.99. The Morgan fingerprint density at radius 2 is 1.82 bits per heavy atom. The Kier molecular flexibility index (Phi) is 7.95. The maximum Gasteiger partial charge on any atom is 0.347 e. The molecule has 8 atom stereocenters. The summed E-state index contributed by atoms with van der Waals surface area (Å²) in [5.41, 5.74) is -3.33. The Morgan fingerprint density at radius 3 is 2.40 bits per heavy atom. The van der Waals surface area contributed by atoms with Gasteiger partial charge in [0.15, 0.2) is 11.4 Å². The molecule has 11 heteroatoms. The average molecular weight is 627 g/mol. The van der Waals surface area contributed by atoms with Crippen LogP contribution in [-0.4, -0.2) is 59.7 Å². The summed E-state index contributed by atoms with van der Waals surface area (Å²) >= 11 is 0. The van der Waals surface area contributed by atoms with Gasteiger partial charge in [-0.25, -0.2) is 9.59 Å². The van der Waals surface area contributed by atoms with Crippen molar-refractivity contribution >= 4 is 29.7 Å². The Morgan fingerprint density at radius 1 is 1.13 bits per heavy atom. The number of fused-ring (bicyclic) bond motifs is 5. The molecule has 0 aromatic carbocycles. The molecule has 1 saturated heterocycles. The molecule has 2 saturated carbocycles. The fourth-order valence-electron chi connectivity index (χ4n) is 9.09. The number of methoxy groups -OCH3 is 1. The van der Waals surface area contributed by atoms with E-state index >= 15 is 0 Å². The molecule has 244 valence electrons. The van der Waals surface area contributed by atoms with E-state index in [1.54, 1.807) is 46.8 Å². The molecule has 1 N–H and O–H groups in total. The fourth-order valence-corrected chi connectivity index (χ4v) is 9.09. The van der Waals surface area contributed by atoms with Crippen molar-refractivity contribution in [2.75, 3.05) is 7.11 Å². The number of rotatable bonds is 6. The van der Waals surface area contributed by atoms with Gasteiger partial charge in [-0.3, -0.25) is 14.4 Å². The molecule has 0 unspecified atom stereocenters. The molecular weight excluding hydrogens is 584 g/mol. The first-order valence-corrected chi connectivity index (χ1v) is 15.3. The standard InChI is InChI=1S/C34H42O11/c1-9-17(2)27(37)45-30-31(4,5)25(24(28(38)41-8)43-18(3)35)33(7)21-10-12-32(6)22(20(21)15-34(30,40)29(33)39)14-23(36)44-26(32)19-11-13-42-16-19/h9,11,13,16,21,24-26,30,40H,10,12,14-15H2,1-8H3/b17-9+/t21-,24+,25+,26+,30+,32+,33+,34+/m1/s1. The molecule has 0 spiro atoms. The van der Waals surface area contributed by atoms with Crippen molar-refractivity contribution in [2.45, 2.75) is 98.1 Å². The van der Waals surface area contributed by atoms with E-state index in [1.165, 1.54) is 12.5 Å². The molecule has 0 radical (unpaired) electrons. The second kappa shape index (κ2) is 11.0. The van der Waals surface area contributed by atoms with Crippen molar-refractivity contribution in [3.05, 3.63) is 47.0 Å². The van der Waals surface area contributed by atoms with E-state index in [2.05, 4.69) is 0 Å². The summed E-state index contributed by atoms with van der Waals surface area (Å²) in [4.78, 5) is 67.0. The highest BCUT2D eigenvalue weighted by atomic mass is 16.6. The van der Waals surface area contributed by atoms with E-state index in [9.17, 15) is 29.1 Å². The van der Waals surface area contributed by atoms with E-state index in [0.29, 0.717) is 24.0 Å². The molecule has 5 rings (SSSR count). The van der Waals surface area contributed by atoms with Gasteiger partial charge < -0.3 is 28.5 Å². The number of aliphatic hydroxyl groups is 1. The molecule has 1 aliphatic heterocycles. The summed E-state index contributed by atoms with van der Waals surface area (Å²) in [6.45, 7) is 11.5. The summed E-state index contributed by atoms with van der Waals surface area (Å²) in [6, 6.07) is 1.74. The van der Waals surface area contributed by atoms with Crippen LogP contribution >= 0.6 is 0 Å². The number of cyclic esters (lactones) is 1. The largest absolute Gasteiger partial charge is 0.472 e. The fraction of sp³-hybridized carbons (Fsp3) is 0.618. The Bertz CT molecular complexity index is 1500. The Labute approximate surface area is 262 Å². The van der Waals surface area contributed by atoms with Crippen LogP contribution in [0.3, 0.4) is 0 Å². The Hall–Kier alpha value is -3.73. The van der Waals surface area contributed by atoms with Crippen LogP contribution < -0.4 is 0 Å². The minimum atomic E-state index is -2.22. The molecule has 11 nitrogen and oxygen atoms in total. The van der Waals surface area contributed by atoms with E-state index < -0.39 is 81.7 Å². The minimum absolute atomic E-state index is 0.0579. The van der Waals surface area contributed by atoms with Crippen LogP contribution in [0.4, 0.5) is 0 Å². The van der Waals surface area contributed by atoms with Gasteiger partial charge >= 0.3 is 23.9 Å².